The molecule has 0 unspecified atom stereocenters. The number of nitrogens with one attached hydrogen (secondary N) is 1. The molecule has 2 aromatic rings. The van der Waals surface area contributed by atoms with Crippen LogP contribution in [0.25, 0.3) is 0 Å². The van der Waals surface area contributed by atoms with E-state index in [9.17, 15) is 29.4 Å². The Kier molecular flexibility index (Phi) is 8.46. The number of rotatable bonds is 11. The maximum absolute atomic E-state index is 13.2. The minimum atomic E-state index is -1.80. The number of carboxylic acids is 2. The smallest absolute Gasteiger partial charge is 0.352 e. The van der Waals surface area contributed by atoms with E-state index >= 15 is 0 Å². The van der Waals surface area contributed by atoms with Crippen molar-refractivity contribution in [1.29, 1.82) is 0 Å². The Morgan fingerprint density at radius 3 is 2.55 bits per heavy atom. The Bertz CT molecular complexity index is 1510. The van der Waals surface area contributed by atoms with Crippen molar-refractivity contribution < 1.29 is 38.9 Å². The Hall–Kier alpha value is -4.23. The van der Waals surface area contributed by atoms with E-state index in [1.807, 2.05) is 13.8 Å². The van der Waals surface area contributed by atoms with Gasteiger partial charge in [-0.3, -0.25) is 14.5 Å². The monoisotopic (exact) mass is 623 g/mol. The van der Waals surface area contributed by atoms with Crippen LogP contribution in [0.15, 0.2) is 22.6 Å². The van der Waals surface area contributed by atoms with Gasteiger partial charge in [-0.15, -0.1) is 21.1 Å². The van der Waals surface area contributed by atoms with Crippen LogP contribution in [0.4, 0.5) is 10.9 Å². The lowest BCUT2D eigenvalue weighted by molar-refractivity contribution is -0.769. The molecule has 0 radical (unpaired) electrons. The molecule has 226 valence electrons. The summed E-state index contributed by atoms with van der Waals surface area (Å²) in [4.78, 5) is 60.4. The van der Waals surface area contributed by atoms with E-state index in [4.69, 9.17) is 22.0 Å². The number of aromatic nitrogens is 4. The van der Waals surface area contributed by atoms with Crippen LogP contribution >= 0.6 is 23.3 Å². The number of oxime groups is 1. The van der Waals surface area contributed by atoms with Crippen LogP contribution in [0.5, 0.6) is 0 Å². The molecule has 2 aliphatic rings. The first-order valence-electron chi connectivity index (χ1n) is 12.6. The number of aliphatic carboxylic acids is 2. The van der Waals surface area contributed by atoms with Gasteiger partial charge >= 0.3 is 11.9 Å². The zero-order valence-corrected chi connectivity index (χ0v) is 24.7. The average molecular weight is 624 g/mol. The number of hydrogen-bond donors (Lipinski definition) is 6. The van der Waals surface area contributed by atoms with Crippen LogP contribution in [0.2, 0.25) is 0 Å². The number of anilines is 2. The third-order valence-corrected chi connectivity index (χ3v) is 8.39. The first-order chi connectivity index (χ1) is 19.7. The number of carbonyl (C=O) groups excluding carboxylic acids is 2. The predicted molar refractivity (Wildman–Crippen MR) is 151 cm³/mol. The summed E-state index contributed by atoms with van der Waals surface area (Å²) in [5.41, 5.74) is 16.4. The summed E-state index contributed by atoms with van der Waals surface area (Å²) >= 11 is 2.04. The molecule has 19 heteroatoms. The summed E-state index contributed by atoms with van der Waals surface area (Å²) < 4.78 is 7.51. The third-order valence-electron chi connectivity index (χ3n) is 6.50. The van der Waals surface area contributed by atoms with E-state index in [2.05, 4.69) is 19.8 Å². The lowest BCUT2D eigenvalue weighted by Gasteiger charge is -2.49. The molecule has 2 aromatic heterocycles. The average Bonchev–Trinajstić information content (AvgIpc) is 3.48. The van der Waals surface area contributed by atoms with Gasteiger partial charge in [0.2, 0.25) is 23.3 Å². The van der Waals surface area contributed by atoms with E-state index in [0.29, 0.717) is 17.0 Å². The van der Waals surface area contributed by atoms with Crippen molar-refractivity contribution in [3.05, 3.63) is 28.9 Å². The molecule has 4 heterocycles. The SMILES string of the molecule is CC(C)n1c(N)c(CN)c[n+]1CC1=C(C(=O)O)N2C(=O)[C@@H](NC(=O)/C(=N\OC(C)(C)C(=O)O)c3nsc(N)n3)[C@H]2SC1. The topological polar surface area (TPSA) is 258 Å². The molecule has 42 heavy (non-hydrogen) atoms. The second-order valence-electron chi connectivity index (χ2n) is 10.2. The molecule has 0 bridgehead atoms. The van der Waals surface area contributed by atoms with Gasteiger partial charge in [-0.2, -0.15) is 9.36 Å². The first kappa shape index (κ1) is 30.7. The molecule has 0 spiro atoms. The summed E-state index contributed by atoms with van der Waals surface area (Å²) in [6.45, 7) is 6.65. The fourth-order valence-corrected chi connectivity index (χ4v) is 6.14. The van der Waals surface area contributed by atoms with Gasteiger partial charge in [0.15, 0.2) is 17.5 Å². The molecular formula is C23H31N10O7S2+. The van der Waals surface area contributed by atoms with Gasteiger partial charge in [-0.05, 0) is 27.7 Å². The fraction of sp³-hybridized carbons (Fsp3) is 0.478. The van der Waals surface area contributed by atoms with Crippen LogP contribution in [0, 0.1) is 0 Å². The van der Waals surface area contributed by atoms with Crippen molar-refractivity contribution in [2.75, 3.05) is 17.2 Å². The summed E-state index contributed by atoms with van der Waals surface area (Å²) in [6.07, 6.45) is 1.76. The fourth-order valence-electron chi connectivity index (χ4n) is 4.37. The van der Waals surface area contributed by atoms with Crippen LogP contribution in [-0.4, -0.2) is 81.4 Å². The summed E-state index contributed by atoms with van der Waals surface area (Å²) in [6, 6.07) is -1.16. The minimum absolute atomic E-state index is 0.0160. The molecule has 4 rings (SSSR count). The molecule has 2 amide bonds. The molecule has 0 aromatic carbocycles. The van der Waals surface area contributed by atoms with E-state index < -0.39 is 46.5 Å². The Labute approximate surface area is 247 Å². The van der Waals surface area contributed by atoms with Crippen molar-refractivity contribution in [2.45, 2.75) is 63.8 Å². The van der Waals surface area contributed by atoms with E-state index in [1.54, 1.807) is 15.6 Å². The van der Waals surface area contributed by atoms with E-state index in [1.165, 1.54) is 25.6 Å². The number of amides is 2. The highest BCUT2D eigenvalue weighted by Crippen LogP contribution is 2.40. The number of nitrogens with two attached hydrogens (primary N) is 3. The third kappa shape index (κ3) is 5.61. The van der Waals surface area contributed by atoms with Crippen LogP contribution < -0.4 is 27.2 Å². The number of hydrogen-bond acceptors (Lipinski definition) is 13. The zero-order chi connectivity index (χ0) is 31.1. The summed E-state index contributed by atoms with van der Waals surface area (Å²) in [5, 5.41) is 24.9. The van der Waals surface area contributed by atoms with Crippen LogP contribution in [0.1, 0.15) is 45.1 Å². The lowest BCUT2D eigenvalue weighted by Crippen LogP contribution is -2.71. The first-order valence-corrected chi connectivity index (χ1v) is 14.4. The van der Waals surface area contributed by atoms with E-state index in [0.717, 1.165) is 16.4 Å². The number of carboxylic acid groups (broad SMARTS) is 2. The molecule has 0 aliphatic carbocycles. The molecule has 1 saturated heterocycles. The molecule has 2 atom stereocenters. The van der Waals surface area contributed by atoms with Crippen molar-refractivity contribution in [2.24, 2.45) is 10.9 Å². The number of nitrogen functional groups attached to an aromatic ring is 2. The molecule has 1 fully saturated rings. The highest BCUT2D eigenvalue weighted by Gasteiger charge is 2.55. The largest absolute Gasteiger partial charge is 0.478 e. The number of carbonyl (C=O) groups is 4. The molecule has 2 aliphatic heterocycles. The second kappa shape index (κ2) is 11.6. The minimum Gasteiger partial charge on any atom is -0.478 e. The van der Waals surface area contributed by atoms with Gasteiger partial charge in [0, 0.05) is 29.4 Å². The maximum atomic E-state index is 13.2. The van der Waals surface area contributed by atoms with Crippen molar-refractivity contribution >= 4 is 63.7 Å². The van der Waals surface area contributed by atoms with Gasteiger partial charge in [0.05, 0.1) is 11.6 Å². The molecular weight excluding hydrogens is 592 g/mol. The summed E-state index contributed by atoms with van der Waals surface area (Å²) in [7, 11) is 0. The number of β-lactam (4-membered cyclic amide) rings is 1. The van der Waals surface area contributed by atoms with Gasteiger partial charge in [-0.1, -0.05) is 5.16 Å². The van der Waals surface area contributed by atoms with Crippen molar-refractivity contribution in [1.82, 2.24) is 24.3 Å². The quantitative estimate of drug-likeness (QED) is 0.0749. The standard InChI is InChI=1S/C23H30N10O7S2/c1-9(2)33-15(25)10(5-24)6-31(33)7-11-8-41-19-13(18(35)32(19)14(11)20(36)37)27-17(34)12(16-28-22(26)42-30-16)29-40-23(3,4)21(38)39/h6,9,13,19,25H,5,7-8,24H2,1-4H3,(H5,26,27,28,30,34,36,37,38,39)/p+1/b29-12-/t13-,19-/m1/s1. The Balaban J connectivity index is 1.59. The highest BCUT2D eigenvalue weighted by molar-refractivity contribution is 8.00. The molecule has 17 nitrogen and oxygen atoms in total. The molecule has 0 saturated carbocycles. The van der Waals surface area contributed by atoms with Crippen molar-refractivity contribution in [3.8, 4) is 0 Å². The maximum Gasteiger partial charge on any atom is 0.352 e. The van der Waals surface area contributed by atoms with Gasteiger partial charge < -0.3 is 37.6 Å². The summed E-state index contributed by atoms with van der Waals surface area (Å²) in [5.74, 6) is -3.74. The number of fused-ring (bicyclic) bond motifs is 1. The predicted octanol–water partition coefficient (Wildman–Crippen LogP) is -1.15. The van der Waals surface area contributed by atoms with Gasteiger partial charge in [-0.25, -0.2) is 9.59 Å². The van der Waals surface area contributed by atoms with Crippen molar-refractivity contribution in [3.63, 3.8) is 0 Å². The Morgan fingerprint density at radius 1 is 1.31 bits per heavy atom. The lowest BCUT2D eigenvalue weighted by atomic mass is 10.0. The molecule has 9 N–H and O–H groups in total. The normalized spacial score (nSPS) is 19.0. The van der Waals surface area contributed by atoms with Crippen LogP contribution in [-0.2, 0) is 37.1 Å². The second-order valence-corrected chi connectivity index (χ2v) is 12.1. The van der Waals surface area contributed by atoms with Crippen LogP contribution in [0.3, 0.4) is 0 Å². The highest BCUT2D eigenvalue weighted by atomic mass is 32.2. The Morgan fingerprint density at radius 2 is 2.00 bits per heavy atom. The van der Waals surface area contributed by atoms with Gasteiger partial charge in [0.25, 0.3) is 11.8 Å². The number of nitrogens with zero attached hydrogens (tertiary/aromatic N) is 6. The zero-order valence-electron chi connectivity index (χ0n) is 23.1. The van der Waals surface area contributed by atoms with E-state index in [-0.39, 0.29) is 41.5 Å². The number of thioether (sulfide) groups is 1. The van der Waals surface area contributed by atoms with Gasteiger partial charge in [0.1, 0.15) is 17.1 Å².